The first kappa shape index (κ1) is 25.1. The average Bonchev–Trinajstić information content (AvgIpc) is 3.43. The molecule has 0 radical (unpaired) electrons. The van der Waals surface area contributed by atoms with Crippen LogP contribution in [-0.4, -0.2) is 35.4 Å². The van der Waals surface area contributed by atoms with Crippen molar-refractivity contribution in [2.24, 2.45) is 0 Å². The number of hydrogen-bond donors (Lipinski definition) is 1. The highest BCUT2D eigenvalue weighted by molar-refractivity contribution is 6.46. The molecule has 4 rings (SSSR count). The van der Waals surface area contributed by atoms with Crippen molar-refractivity contribution in [1.29, 1.82) is 0 Å². The van der Waals surface area contributed by atoms with Crippen LogP contribution < -0.4 is 9.47 Å². The summed E-state index contributed by atoms with van der Waals surface area (Å²) in [6.07, 6.45) is 3.18. The lowest BCUT2D eigenvalue weighted by atomic mass is 9.99. The largest absolute Gasteiger partial charge is 0.507 e. The summed E-state index contributed by atoms with van der Waals surface area (Å²) in [6, 6.07) is 16.8. The third kappa shape index (κ3) is 5.15. The summed E-state index contributed by atoms with van der Waals surface area (Å²) >= 11 is 0. The lowest BCUT2D eigenvalue weighted by Crippen LogP contribution is -2.29. The molecule has 0 aliphatic carbocycles. The van der Waals surface area contributed by atoms with Gasteiger partial charge < -0.3 is 23.9 Å². The summed E-state index contributed by atoms with van der Waals surface area (Å²) in [7, 11) is 1.55. The van der Waals surface area contributed by atoms with Crippen molar-refractivity contribution < 1.29 is 28.6 Å². The molecule has 1 amide bonds. The van der Waals surface area contributed by atoms with Crippen LogP contribution in [0.1, 0.15) is 54.9 Å². The molecule has 7 heteroatoms. The Morgan fingerprint density at radius 1 is 1.03 bits per heavy atom. The fourth-order valence-corrected chi connectivity index (χ4v) is 4.36. The molecule has 1 aliphatic rings. The molecule has 36 heavy (non-hydrogen) atoms. The number of para-hydroxylation sites is 1. The van der Waals surface area contributed by atoms with Crippen LogP contribution >= 0.6 is 0 Å². The predicted molar refractivity (Wildman–Crippen MR) is 136 cm³/mol. The molecule has 1 aromatic heterocycles. The highest BCUT2D eigenvalue weighted by Gasteiger charge is 2.47. The van der Waals surface area contributed by atoms with Crippen LogP contribution in [-0.2, 0) is 16.1 Å². The van der Waals surface area contributed by atoms with Gasteiger partial charge in [0, 0.05) is 11.1 Å². The van der Waals surface area contributed by atoms with Gasteiger partial charge in [0.2, 0.25) is 0 Å². The number of methoxy groups -OCH3 is 1. The third-order valence-corrected chi connectivity index (χ3v) is 6.25. The Kier molecular flexibility index (Phi) is 7.78. The number of ether oxygens (including phenoxy) is 2. The molecule has 2 aromatic carbocycles. The minimum absolute atomic E-state index is 0.0131. The van der Waals surface area contributed by atoms with Crippen molar-refractivity contribution >= 4 is 17.4 Å². The summed E-state index contributed by atoms with van der Waals surface area (Å²) in [5.74, 6) is 0.587. The minimum atomic E-state index is -0.881. The van der Waals surface area contributed by atoms with Gasteiger partial charge >= 0.3 is 0 Å². The second kappa shape index (κ2) is 11.2. The van der Waals surface area contributed by atoms with Gasteiger partial charge in [0.25, 0.3) is 11.7 Å². The Bertz CT molecular complexity index is 1260. The van der Waals surface area contributed by atoms with E-state index in [4.69, 9.17) is 13.9 Å². The van der Waals surface area contributed by atoms with Gasteiger partial charge in [-0.3, -0.25) is 9.59 Å². The maximum atomic E-state index is 13.2. The Morgan fingerprint density at radius 2 is 1.78 bits per heavy atom. The Labute approximate surface area is 210 Å². The number of furan rings is 1. The molecule has 1 saturated heterocycles. The van der Waals surface area contributed by atoms with Crippen LogP contribution in [0.2, 0.25) is 0 Å². The van der Waals surface area contributed by atoms with Gasteiger partial charge in [0.1, 0.15) is 34.8 Å². The maximum Gasteiger partial charge on any atom is 0.296 e. The third-order valence-electron chi connectivity index (χ3n) is 6.25. The van der Waals surface area contributed by atoms with E-state index in [1.165, 1.54) is 4.90 Å². The molecule has 1 aliphatic heterocycles. The zero-order valence-corrected chi connectivity index (χ0v) is 20.8. The average molecular weight is 490 g/mol. The van der Waals surface area contributed by atoms with E-state index in [1.807, 2.05) is 18.2 Å². The number of aliphatic hydroxyl groups excluding tert-OH is 1. The maximum absolute atomic E-state index is 13.2. The van der Waals surface area contributed by atoms with E-state index >= 15 is 0 Å². The molecule has 0 spiro atoms. The van der Waals surface area contributed by atoms with Gasteiger partial charge in [0.05, 0.1) is 25.8 Å². The summed E-state index contributed by atoms with van der Waals surface area (Å²) in [5, 5.41) is 11.2. The predicted octanol–water partition coefficient (Wildman–Crippen LogP) is 5.79. The molecule has 188 valence electrons. The van der Waals surface area contributed by atoms with Gasteiger partial charge in [-0.2, -0.15) is 0 Å². The number of amides is 1. The highest BCUT2D eigenvalue weighted by Crippen LogP contribution is 2.41. The van der Waals surface area contributed by atoms with Gasteiger partial charge in [0.15, 0.2) is 0 Å². The van der Waals surface area contributed by atoms with Gasteiger partial charge in [-0.25, -0.2) is 0 Å². The standard InChI is InChI=1S/C29H31NO6/c1-4-5-8-17-35-22-14-12-20(13-15-22)27(31)25-26(24-16-11-19(2)36-24)30(29(33)28(25)32)18-21-9-6-7-10-23(21)34-3/h6-7,9-16,26,31H,4-5,8,17-18H2,1-3H3/b27-25+. The lowest BCUT2D eigenvalue weighted by Gasteiger charge is -2.24. The number of unbranched alkanes of at least 4 members (excludes halogenated alkanes) is 2. The van der Waals surface area contributed by atoms with Gasteiger partial charge in [-0.1, -0.05) is 38.0 Å². The molecule has 1 atom stereocenters. The smallest absolute Gasteiger partial charge is 0.296 e. The molecular weight excluding hydrogens is 458 g/mol. The molecule has 3 aromatic rings. The fourth-order valence-electron chi connectivity index (χ4n) is 4.36. The zero-order valence-electron chi connectivity index (χ0n) is 20.8. The van der Waals surface area contributed by atoms with Crippen LogP contribution in [0.3, 0.4) is 0 Å². The van der Waals surface area contributed by atoms with Crippen molar-refractivity contribution in [2.75, 3.05) is 13.7 Å². The first-order valence-corrected chi connectivity index (χ1v) is 12.1. The number of likely N-dealkylation sites (tertiary alicyclic amines) is 1. The van der Waals surface area contributed by atoms with Crippen molar-refractivity contribution in [3.63, 3.8) is 0 Å². The summed E-state index contributed by atoms with van der Waals surface area (Å²) in [6.45, 7) is 4.65. The Balaban J connectivity index is 1.70. The molecule has 1 fully saturated rings. The zero-order chi connectivity index (χ0) is 25.7. The van der Waals surface area contributed by atoms with Crippen molar-refractivity contribution in [3.05, 3.63) is 88.9 Å². The number of nitrogens with zero attached hydrogens (tertiary/aromatic N) is 1. The molecule has 7 nitrogen and oxygen atoms in total. The van der Waals surface area contributed by atoms with E-state index in [2.05, 4.69) is 6.92 Å². The molecule has 1 N–H and O–H groups in total. The van der Waals surface area contributed by atoms with E-state index in [9.17, 15) is 14.7 Å². The van der Waals surface area contributed by atoms with Crippen LogP contribution in [0.25, 0.3) is 5.76 Å². The SMILES string of the molecule is CCCCCOc1ccc(/C(O)=C2\C(=O)C(=O)N(Cc3ccccc3OC)C2c2ccc(C)o2)cc1. The minimum Gasteiger partial charge on any atom is -0.507 e. The van der Waals surface area contributed by atoms with E-state index < -0.39 is 17.7 Å². The van der Waals surface area contributed by atoms with Gasteiger partial charge in [-0.15, -0.1) is 0 Å². The van der Waals surface area contributed by atoms with Crippen LogP contribution in [0.5, 0.6) is 11.5 Å². The molecule has 2 heterocycles. The quantitative estimate of drug-likeness (QED) is 0.168. The van der Waals surface area contributed by atoms with E-state index in [1.54, 1.807) is 56.5 Å². The molecule has 0 saturated carbocycles. The monoisotopic (exact) mass is 489 g/mol. The van der Waals surface area contributed by atoms with Gasteiger partial charge in [-0.05, 0) is 55.8 Å². The van der Waals surface area contributed by atoms with Crippen LogP contribution in [0.15, 0.2) is 70.7 Å². The van der Waals surface area contributed by atoms with Crippen molar-refractivity contribution in [3.8, 4) is 11.5 Å². The first-order chi connectivity index (χ1) is 17.4. The van der Waals surface area contributed by atoms with Crippen molar-refractivity contribution in [2.45, 2.75) is 45.7 Å². The van der Waals surface area contributed by atoms with E-state index in [-0.39, 0.29) is 17.9 Å². The number of aliphatic hydroxyl groups is 1. The van der Waals surface area contributed by atoms with E-state index in [0.717, 1.165) is 24.8 Å². The molecule has 1 unspecified atom stereocenters. The number of Topliss-reactive ketones (excluding diaryl/α,β-unsaturated/α-hetero) is 1. The Morgan fingerprint density at radius 3 is 2.44 bits per heavy atom. The fraction of sp³-hybridized carbons (Fsp3) is 0.310. The molecule has 0 bridgehead atoms. The summed E-state index contributed by atoms with van der Waals surface area (Å²) < 4.78 is 17.0. The normalized spacial score (nSPS) is 17.0. The summed E-state index contributed by atoms with van der Waals surface area (Å²) in [5.41, 5.74) is 1.14. The second-order valence-corrected chi connectivity index (χ2v) is 8.77. The lowest BCUT2D eigenvalue weighted by molar-refractivity contribution is -0.140. The topological polar surface area (TPSA) is 89.2 Å². The molecular formula is C29H31NO6. The van der Waals surface area contributed by atoms with Crippen molar-refractivity contribution in [1.82, 2.24) is 4.90 Å². The number of carbonyl (C=O) groups is 2. The first-order valence-electron chi connectivity index (χ1n) is 12.1. The van der Waals surface area contributed by atoms with E-state index in [0.29, 0.717) is 35.2 Å². The number of aryl methyl sites for hydroxylation is 1. The number of hydrogen-bond acceptors (Lipinski definition) is 6. The Hall–Kier alpha value is -4.00. The second-order valence-electron chi connectivity index (χ2n) is 8.77. The highest BCUT2D eigenvalue weighted by atomic mass is 16.5. The van der Waals surface area contributed by atoms with Crippen LogP contribution in [0.4, 0.5) is 0 Å². The number of carbonyl (C=O) groups excluding carboxylic acids is 2. The summed E-state index contributed by atoms with van der Waals surface area (Å²) in [4.78, 5) is 27.8. The van der Waals surface area contributed by atoms with Crippen LogP contribution in [0, 0.1) is 6.92 Å². The number of benzene rings is 2. The number of rotatable bonds is 10. The number of ketones is 1.